The highest BCUT2D eigenvalue weighted by Crippen LogP contribution is 2.29. The van der Waals surface area contributed by atoms with E-state index in [0.717, 1.165) is 17.1 Å². The number of carbonyl (C=O) groups is 1. The molecular formula is C10H19NO5S. The van der Waals surface area contributed by atoms with Crippen molar-refractivity contribution < 1.29 is 23.1 Å². The number of aliphatic carboxylic acids is 1. The first-order valence-electron chi connectivity index (χ1n) is 5.66. The second kappa shape index (κ2) is 5.79. The molecule has 7 heteroatoms. The van der Waals surface area contributed by atoms with Gasteiger partial charge in [0.25, 0.3) is 0 Å². The van der Waals surface area contributed by atoms with Crippen molar-refractivity contribution in [1.29, 1.82) is 0 Å². The fraction of sp³-hybridized carbons (Fsp3) is 0.900. The predicted molar refractivity (Wildman–Crippen MR) is 62.2 cm³/mol. The van der Waals surface area contributed by atoms with Crippen LogP contribution in [0.25, 0.3) is 0 Å². The van der Waals surface area contributed by atoms with Gasteiger partial charge in [0.05, 0.1) is 18.5 Å². The molecule has 1 aliphatic rings. The number of hydrogen-bond donors (Lipinski definition) is 1. The first kappa shape index (κ1) is 14.4. The van der Waals surface area contributed by atoms with Gasteiger partial charge >= 0.3 is 5.97 Å². The van der Waals surface area contributed by atoms with E-state index in [1.165, 1.54) is 0 Å². The number of rotatable bonds is 8. The van der Waals surface area contributed by atoms with Gasteiger partial charge in [0, 0.05) is 6.04 Å². The Kier molecular flexibility index (Phi) is 4.91. The average molecular weight is 265 g/mol. The number of carboxylic acids is 1. The van der Waals surface area contributed by atoms with Crippen LogP contribution < -0.4 is 0 Å². The van der Waals surface area contributed by atoms with Crippen molar-refractivity contribution in [1.82, 2.24) is 4.31 Å². The van der Waals surface area contributed by atoms with E-state index in [0.29, 0.717) is 0 Å². The molecule has 0 atom stereocenters. The quantitative estimate of drug-likeness (QED) is 0.682. The van der Waals surface area contributed by atoms with E-state index >= 15 is 0 Å². The topological polar surface area (TPSA) is 83.9 Å². The molecule has 6 nitrogen and oxygen atoms in total. The lowest BCUT2D eigenvalue weighted by Gasteiger charge is -2.20. The molecule has 0 amide bonds. The largest absolute Gasteiger partial charge is 0.480 e. The van der Waals surface area contributed by atoms with Crippen LogP contribution in [0, 0.1) is 0 Å². The molecule has 1 rings (SSSR count). The van der Waals surface area contributed by atoms with E-state index in [9.17, 15) is 13.2 Å². The summed E-state index contributed by atoms with van der Waals surface area (Å²) in [5.74, 6) is -1.28. The molecule has 0 spiro atoms. The Labute approximate surface area is 102 Å². The smallest absolute Gasteiger partial charge is 0.318 e. The number of sulfonamides is 1. The molecule has 1 N–H and O–H groups in total. The van der Waals surface area contributed by atoms with E-state index in [1.54, 1.807) is 0 Å². The minimum absolute atomic E-state index is 0.0287. The van der Waals surface area contributed by atoms with Gasteiger partial charge in [-0.3, -0.25) is 4.79 Å². The molecule has 0 radical (unpaired) electrons. The lowest BCUT2D eigenvalue weighted by molar-refractivity contribution is -0.137. The molecule has 17 heavy (non-hydrogen) atoms. The summed E-state index contributed by atoms with van der Waals surface area (Å²) in [5, 5.41) is 8.70. The van der Waals surface area contributed by atoms with E-state index < -0.39 is 22.5 Å². The highest BCUT2D eigenvalue weighted by Gasteiger charge is 2.38. The summed E-state index contributed by atoms with van der Waals surface area (Å²) in [6, 6.07) is -0.129. The minimum Gasteiger partial charge on any atom is -0.480 e. The van der Waals surface area contributed by atoms with E-state index in [4.69, 9.17) is 9.84 Å². The lowest BCUT2D eigenvalue weighted by Crippen LogP contribution is -2.39. The van der Waals surface area contributed by atoms with Gasteiger partial charge in [-0.25, -0.2) is 8.42 Å². The van der Waals surface area contributed by atoms with Crippen LogP contribution in [0.4, 0.5) is 0 Å². The number of ether oxygens (including phenoxy) is 1. The maximum atomic E-state index is 11.9. The van der Waals surface area contributed by atoms with Gasteiger partial charge in [-0.15, -0.1) is 0 Å². The molecule has 1 saturated carbocycles. The van der Waals surface area contributed by atoms with Crippen molar-refractivity contribution in [3.8, 4) is 0 Å². The maximum absolute atomic E-state index is 11.9. The first-order chi connectivity index (χ1) is 7.83. The zero-order valence-electron chi connectivity index (χ0n) is 10.1. The van der Waals surface area contributed by atoms with Crippen molar-refractivity contribution in [2.75, 3.05) is 18.9 Å². The van der Waals surface area contributed by atoms with Crippen molar-refractivity contribution in [2.24, 2.45) is 0 Å². The highest BCUT2D eigenvalue weighted by atomic mass is 32.2. The Bertz CT molecular complexity index is 361. The zero-order chi connectivity index (χ0) is 13.1. The number of carboxylic acid groups (broad SMARTS) is 1. The van der Waals surface area contributed by atoms with Crippen LogP contribution in [0.2, 0.25) is 0 Å². The minimum atomic E-state index is -3.52. The van der Waals surface area contributed by atoms with E-state index in [-0.39, 0.29) is 24.5 Å². The Morgan fingerprint density at radius 1 is 1.47 bits per heavy atom. The molecular weight excluding hydrogens is 246 g/mol. The van der Waals surface area contributed by atoms with Crippen molar-refractivity contribution >= 4 is 16.0 Å². The summed E-state index contributed by atoms with van der Waals surface area (Å²) in [6.45, 7) is 3.29. The van der Waals surface area contributed by atoms with Gasteiger partial charge in [-0.05, 0) is 26.7 Å². The second-order valence-corrected chi connectivity index (χ2v) is 6.45. The van der Waals surface area contributed by atoms with Crippen LogP contribution in [-0.2, 0) is 19.6 Å². The van der Waals surface area contributed by atoms with Crippen LogP contribution in [0.1, 0.15) is 26.7 Å². The molecule has 0 aromatic carbocycles. The van der Waals surface area contributed by atoms with Crippen LogP contribution in [0.5, 0.6) is 0 Å². The third-order valence-corrected chi connectivity index (χ3v) is 4.22. The van der Waals surface area contributed by atoms with E-state index in [2.05, 4.69) is 0 Å². The van der Waals surface area contributed by atoms with Gasteiger partial charge in [-0.2, -0.15) is 4.31 Å². The zero-order valence-corrected chi connectivity index (χ0v) is 10.9. The van der Waals surface area contributed by atoms with Crippen molar-refractivity contribution in [3.63, 3.8) is 0 Å². The van der Waals surface area contributed by atoms with Crippen LogP contribution >= 0.6 is 0 Å². The number of nitrogens with zero attached hydrogens (tertiary/aromatic N) is 1. The van der Waals surface area contributed by atoms with E-state index in [1.807, 2.05) is 13.8 Å². The molecule has 1 aliphatic carbocycles. The molecule has 0 aromatic heterocycles. The van der Waals surface area contributed by atoms with Gasteiger partial charge < -0.3 is 9.84 Å². The second-order valence-electron chi connectivity index (χ2n) is 4.41. The molecule has 0 saturated heterocycles. The highest BCUT2D eigenvalue weighted by molar-refractivity contribution is 7.89. The third-order valence-electron chi connectivity index (χ3n) is 2.40. The molecule has 100 valence electrons. The van der Waals surface area contributed by atoms with Gasteiger partial charge in [0.2, 0.25) is 10.0 Å². The summed E-state index contributed by atoms with van der Waals surface area (Å²) in [4.78, 5) is 10.6. The molecule has 0 heterocycles. The normalized spacial score (nSPS) is 16.7. The standard InChI is InChI=1S/C10H19NO5S/c1-8(2)16-5-6-17(14,15)11(7-10(12)13)9-3-4-9/h8-9H,3-7H2,1-2H3,(H,12,13). The molecule has 0 bridgehead atoms. The van der Waals surface area contributed by atoms with Gasteiger partial charge in [-0.1, -0.05) is 0 Å². The molecule has 0 unspecified atom stereocenters. The predicted octanol–water partition coefficient (Wildman–Crippen LogP) is 0.290. The van der Waals surface area contributed by atoms with Gasteiger partial charge in [0.1, 0.15) is 6.54 Å². The summed E-state index contributed by atoms with van der Waals surface area (Å²) in [6.07, 6.45) is 1.47. The first-order valence-corrected chi connectivity index (χ1v) is 7.27. The van der Waals surface area contributed by atoms with Gasteiger partial charge in [0.15, 0.2) is 0 Å². The fourth-order valence-corrected chi connectivity index (χ4v) is 2.97. The summed E-state index contributed by atoms with van der Waals surface area (Å²) >= 11 is 0. The Morgan fingerprint density at radius 2 is 2.06 bits per heavy atom. The number of hydrogen-bond acceptors (Lipinski definition) is 4. The summed E-state index contributed by atoms with van der Waals surface area (Å²) < 4.78 is 30.1. The van der Waals surface area contributed by atoms with Crippen LogP contribution in [0.3, 0.4) is 0 Å². The molecule has 1 fully saturated rings. The molecule has 0 aliphatic heterocycles. The summed E-state index contributed by atoms with van der Waals surface area (Å²) in [7, 11) is -3.52. The average Bonchev–Trinajstić information content (AvgIpc) is 2.95. The van der Waals surface area contributed by atoms with Crippen LogP contribution in [0.15, 0.2) is 0 Å². The SMILES string of the molecule is CC(C)OCCS(=O)(=O)N(CC(=O)O)C1CC1. The van der Waals surface area contributed by atoms with Crippen molar-refractivity contribution in [3.05, 3.63) is 0 Å². The Hall–Kier alpha value is -0.660. The monoisotopic (exact) mass is 265 g/mol. The summed E-state index contributed by atoms with van der Waals surface area (Å²) in [5.41, 5.74) is 0. The molecule has 0 aromatic rings. The lowest BCUT2D eigenvalue weighted by atomic mass is 10.5. The Morgan fingerprint density at radius 3 is 2.47 bits per heavy atom. The third kappa shape index (κ3) is 5.01. The van der Waals surface area contributed by atoms with Crippen molar-refractivity contribution in [2.45, 2.75) is 38.8 Å². The fourth-order valence-electron chi connectivity index (χ4n) is 1.46. The van der Waals surface area contributed by atoms with Crippen LogP contribution in [-0.4, -0.2) is 54.8 Å². The maximum Gasteiger partial charge on any atom is 0.318 e. The Balaban J connectivity index is 2.55.